The number of aromatic nitrogens is 2. The van der Waals surface area contributed by atoms with E-state index in [1.54, 1.807) is 22.3 Å². The first-order chi connectivity index (χ1) is 16.9. The summed E-state index contributed by atoms with van der Waals surface area (Å²) in [5.74, 6) is -0.0635. The van der Waals surface area contributed by atoms with Crippen LogP contribution in [0.15, 0.2) is 30.5 Å². The summed E-state index contributed by atoms with van der Waals surface area (Å²) in [6.45, 7) is 6.14. The number of ether oxygens (including phenoxy) is 1. The zero-order valence-corrected chi connectivity index (χ0v) is 20.9. The van der Waals surface area contributed by atoms with Crippen LogP contribution in [0, 0.1) is 5.92 Å². The van der Waals surface area contributed by atoms with Gasteiger partial charge in [-0.05, 0) is 60.9 Å². The van der Waals surface area contributed by atoms with E-state index in [-0.39, 0.29) is 6.04 Å². The molecule has 4 heterocycles. The molecule has 3 aromatic rings. The average Bonchev–Trinajstić information content (AvgIpc) is 3.54. The number of rotatable bonds is 4. The molecule has 0 aliphatic carbocycles. The maximum absolute atomic E-state index is 13.3. The molecule has 9 heteroatoms. The minimum atomic E-state index is -0.656. The van der Waals surface area contributed by atoms with Crippen LogP contribution < -0.4 is 11.1 Å². The Morgan fingerprint density at radius 3 is 2.89 bits per heavy atom. The van der Waals surface area contributed by atoms with Crippen molar-refractivity contribution >= 4 is 44.9 Å². The van der Waals surface area contributed by atoms with E-state index in [1.807, 2.05) is 6.92 Å². The molecule has 3 atom stereocenters. The molecule has 8 nitrogen and oxygen atoms in total. The fraction of sp³-hybridized carbons (Fsp3) is 0.462. The predicted molar refractivity (Wildman–Crippen MR) is 137 cm³/mol. The number of benzene rings is 1. The highest BCUT2D eigenvalue weighted by Crippen LogP contribution is 2.37. The maximum atomic E-state index is 13.3. The van der Waals surface area contributed by atoms with Crippen molar-refractivity contribution in [2.45, 2.75) is 51.5 Å². The van der Waals surface area contributed by atoms with Crippen LogP contribution in [0.3, 0.4) is 0 Å². The van der Waals surface area contributed by atoms with E-state index >= 15 is 0 Å². The third-order valence-electron chi connectivity index (χ3n) is 7.00. The Kier molecular flexibility index (Phi) is 6.71. The van der Waals surface area contributed by atoms with Crippen LogP contribution in [0.4, 0.5) is 11.5 Å². The summed E-state index contributed by atoms with van der Waals surface area (Å²) >= 11 is 1.72. The fourth-order valence-electron chi connectivity index (χ4n) is 4.98. The Labute approximate surface area is 208 Å². The summed E-state index contributed by atoms with van der Waals surface area (Å²) in [5.41, 5.74) is 9.15. The summed E-state index contributed by atoms with van der Waals surface area (Å²) in [6, 6.07) is 7.86. The number of hydrogen-bond acceptors (Lipinski definition) is 7. The number of fused-ring (bicyclic) bond motifs is 1. The number of anilines is 2. The van der Waals surface area contributed by atoms with Crippen molar-refractivity contribution in [1.29, 1.82) is 0 Å². The Bertz CT molecular complexity index is 1250. The van der Waals surface area contributed by atoms with Gasteiger partial charge in [-0.15, -0.1) is 11.3 Å². The van der Waals surface area contributed by atoms with E-state index in [2.05, 4.69) is 35.4 Å². The van der Waals surface area contributed by atoms with Crippen LogP contribution in [0.1, 0.15) is 61.2 Å². The molecule has 1 unspecified atom stereocenters. The van der Waals surface area contributed by atoms with Crippen molar-refractivity contribution in [3.8, 4) is 0 Å². The number of hydrogen-bond donors (Lipinski definition) is 2. The molecule has 2 aromatic heterocycles. The second-order valence-corrected chi connectivity index (χ2v) is 10.6. The van der Waals surface area contributed by atoms with Crippen LogP contribution >= 0.6 is 11.3 Å². The largest absolute Gasteiger partial charge is 0.383 e. The number of carbonyl (C=O) groups is 2. The maximum Gasteiger partial charge on any atom is 0.313 e. The lowest BCUT2D eigenvalue weighted by Crippen LogP contribution is -2.46. The van der Waals surface area contributed by atoms with Crippen LogP contribution in [0.25, 0.3) is 10.2 Å². The van der Waals surface area contributed by atoms with Gasteiger partial charge in [-0.3, -0.25) is 9.59 Å². The Morgan fingerprint density at radius 2 is 2.11 bits per heavy atom. The highest BCUT2D eigenvalue weighted by atomic mass is 32.1. The second-order valence-electron chi connectivity index (χ2n) is 9.57. The van der Waals surface area contributed by atoms with Crippen LogP contribution in [0.2, 0.25) is 0 Å². The third kappa shape index (κ3) is 4.88. The molecule has 2 saturated heterocycles. The minimum Gasteiger partial charge on any atom is -0.383 e. The summed E-state index contributed by atoms with van der Waals surface area (Å²) in [7, 11) is 0. The first kappa shape index (κ1) is 23.7. The standard InChI is InChI=1S/C26H31N5O3S/c1-3-16-10-19(12-28-23(16)27)29-24(32)26(33)31-13-15(2)4-6-21(31)17-5-7-22-20(11-17)30-25(35-22)18-8-9-34-14-18/h5,7,10-12,15,18,21H,3-4,6,8-9,13-14H2,1-2H3,(H2,27,28)(H,29,32)/t15-,18?,21+/m0/s1. The van der Waals surface area contributed by atoms with Gasteiger partial charge in [-0.2, -0.15) is 0 Å². The van der Waals surface area contributed by atoms with E-state index in [9.17, 15) is 9.59 Å². The molecule has 1 aromatic carbocycles. The normalized spacial score (nSPS) is 22.5. The smallest absolute Gasteiger partial charge is 0.313 e. The summed E-state index contributed by atoms with van der Waals surface area (Å²) in [4.78, 5) is 37.0. The topological polar surface area (TPSA) is 110 Å². The van der Waals surface area contributed by atoms with E-state index in [1.165, 1.54) is 6.20 Å². The zero-order chi connectivity index (χ0) is 24.5. The van der Waals surface area contributed by atoms with Gasteiger partial charge >= 0.3 is 11.8 Å². The van der Waals surface area contributed by atoms with Gasteiger partial charge in [0.15, 0.2) is 0 Å². The quantitative estimate of drug-likeness (QED) is 0.525. The Balaban J connectivity index is 1.37. The summed E-state index contributed by atoms with van der Waals surface area (Å²) < 4.78 is 6.67. The number of piperidine rings is 1. The number of likely N-dealkylation sites (tertiary alicyclic amines) is 1. The van der Waals surface area contributed by atoms with Gasteiger partial charge in [0.25, 0.3) is 0 Å². The predicted octanol–water partition coefficient (Wildman–Crippen LogP) is 4.28. The lowest BCUT2D eigenvalue weighted by atomic mass is 9.89. The monoisotopic (exact) mass is 493 g/mol. The van der Waals surface area contributed by atoms with Crippen LogP contribution in [0.5, 0.6) is 0 Å². The number of nitrogens with zero attached hydrogens (tertiary/aromatic N) is 3. The average molecular weight is 494 g/mol. The van der Waals surface area contributed by atoms with Crippen molar-refractivity contribution in [2.24, 2.45) is 5.92 Å². The number of nitrogens with one attached hydrogen (secondary N) is 1. The SMILES string of the molecule is CCc1cc(NC(=O)C(=O)N2C[C@@H](C)CC[C@@H]2c2ccc3sc(C4CCOC4)nc3c2)cnc1N. The first-order valence-electron chi connectivity index (χ1n) is 12.3. The molecule has 5 rings (SSSR count). The number of carbonyl (C=O) groups excluding carboxylic acids is 2. The summed E-state index contributed by atoms with van der Waals surface area (Å²) in [6.07, 6.45) is 4.99. The van der Waals surface area contributed by atoms with Crippen molar-refractivity contribution in [1.82, 2.24) is 14.9 Å². The lowest BCUT2D eigenvalue weighted by Gasteiger charge is -2.38. The molecule has 2 fully saturated rings. The molecular weight excluding hydrogens is 462 g/mol. The second kappa shape index (κ2) is 9.91. The Morgan fingerprint density at radius 1 is 1.26 bits per heavy atom. The molecule has 0 saturated carbocycles. The molecule has 0 bridgehead atoms. The molecule has 3 N–H and O–H groups in total. The molecule has 0 spiro atoms. The third-order valence-corrected chi connectivity index (χ3v) is 8.20. The highest BCUT2D eigenvalue weighted by Gasteiger charge is 2.34. The molecule has 2 aliphatic heterocycles. The molecule has 35 heavy (non-hydrogen) atoms. The van der Waals surface area contributed by atoms with E-state index in [0.29, 0.717) is 36.3 Å². The van der Waals surface area contributed by atoms with Gasteiger partial charge in [0.2, 0.25) is 0 Å². The number of nitrogen functional groups attached to an aromatic ring is 1. The lowest BCUT2D eigenvalue weighted by molar-refractivity contribution is -0.146. The number of aryl methyl sites for hydroxylation is 1. The van der Waals surface area contributed by atoms with Gasteiger partial charge in [-0.25, -0.2) is 9.97 Å². The molecule has 0 radical (unpaired) electrons. The Hall–Kier alpha value is -3.04. The number of nitrogens with two attached hydrogens (primary N) is 1. The summed E-state index contributed by atoms with van der Waals surface area (Å²) in [5, 5.41) is 3.83. The molecule has 2 amide bonds. The van der Waals surface area contributed by atoms with Crippen molar-refractivity contribution < 1.29 is 14.3 Å². The van der Waals surface area contributed by atoms with Gasteiger partial charge in [-0.1, -0.05) is 19.9 Å². The van der Waals surface area contributed by atoms with Crippen LogP contribution in [-0.4, -0.2) is 46.4 Å². The molecule has 184 valence electrons. The van der Waals surface area contributed by atoms with Crippen molar-refractivity contribution in [3.63, 3.8) is 0 Å². The van der Waals surface area contributed by atoms with Gasteiger partial charge in [0, 0.05) is 19.1 Å². The zero-order valence-electron chi connectivity index (χ0n) is 20.1. The van der Waals surface area contributed by atoms with Crippen LogP contribution in [-0.2, 0) is 20.7 Å². The molecule has 2 aliphatic rings. The van der Waals surface area contributed by atoms with E-state index in [4.69, 9.17) is 15.5 Å². The minimum absolute atomic E-state index is 0.162. The van der Waals surface area contributed by atoms with Crippen molar-refractivity contribution in [2.75, 3.05) is 30.8 Å². The van der Waals surface area contributed by atoms with E-state index in [0.717, 1.165) is 58.8 Å². The fourth-order valence-corrected chi connectivity index (χ4v) is 6.05. The van der Waals surface area contributed by atoms with Gasteiger partial charge < -0.3 is 20.7 Å². The highest BCUT2D eigenvalue weighted by molar-refractivity contribution is 7.18. The molecular formula is C26H31N5O3S. The van der Waals surface area contributed by atoms with Crippen molar-refractivity contribution in [3.05, 3.63) is 46.6 Å². The van der Waals surface area contributed by atoms with Gasteiger partial charge in [0.1, 0.15) is 5.82 Å². The first-order valence-corrected chi connectivity index (χ1v) is 13.1. The number of thiazole rings is 1. The number of amides is 2. The van der Waals surface area contributed by atoms with Gasteiger partial charge in [0.05, 0.1) is 39.8 Å². The number of pyridine rings is 1. The van der Waals surface area contributed by atoms with E-state index < -0.39 is 11.8 Å².